The Hall–Kier alpha value is -2.44. The van der Waals surface area contributed by atoms with E-state index in [-0.39, 0.29) is 11.4 Å². The molecule has 3 aromatic rings. The molecular formula is C18H18N2O3S. The highest BCUT2D eigenvalue weighted by Crippen LogP contribution is 2.18. The van der Waals surface area contributed by atoms with E-state index in [2.05, 4.69) is 9.71 Å². The minimum absolute atomic E-state index is 0.189. The van der Waals surface area contributed by atoms with Gasteiger partial charge in [-0.3, -0.25) is 4.98 Å². The lowest BCUT2D eigenvalue weighted by molar-refractivity contribution is 0.579. The highest BCUT2D eigenvalue weighted by Gasteiger charge is 2.14. The number of aryl methyl sites for hydroxylation is 1. The summed E-state index contributed by atoms with van der Waals surface area (Å²) in [7, 11) is -3.54. The third-order valence-corrected chi connectivity index (χ3v) is 5.12. The largest absolute Gasteiger partial charge is 0.463 e. The quantitative estimate of drug-likeness (QED) is 0.745. The number of nitrogens with zero attached hydrogens (tertiary/aromatic N) is 1. The van der Waals surface area contributed by atoms with Crippen molar-refractivity contribution in [3.63, 3.8) is 0 Å². The van der Waals surface area contributed by atoms with Crippen molar-refractivity contribution in [1.29, 1.82) is 0 Å². The van der Waals surface area contributed by atoms with Crippen LogP contribution in [0.15, 0.2) is 70.3 Å². The van der Waals surface area contributed by atoms with Crippen molar-refractivity contribution in [3.8, 4) is 11.5 Å². The van der Waals surface area contributed by atoms with Crippen LogP contribution in [-0.4, -0.2) is 13.4 Å². The molecule has 0 atom stereocenters. The fourth-order valence-corrected chi connectivity index (χ4v) is 3.33. The fraction of sp³-hybridized carbons (Fsp3) is 0.167. The molecule has 5 nitrogen and oxygen atoms in total. The van der Waals surface area contributed by atoms with E-state index in [0.29, 0.717) is 11.5 Å². The lowest BCUT2D eigenvalue weighted by Gasteiger charge is -2.08. The molecule has 0 fully saturated rings. The van der Waals surface area contributed by atoms with Crippen LogP contribution in [0, 0.1) is 0 Å². The van der Waals surface area contributed by atoms with E-state index >= 15 is 0 Å². The molecule has 0 saturated heterocycles. The summed E-state index contributed by atoms with van der Waals surface area (Å²) in [5, 5.41) is 0. The monoisotopic (exact) mass is 342 g/mol. The first-order valence-corrected chi connectivity index (χ1v) is 9.14. The van der Waals surface area contributed by atoms with Gasteiger partial charge in [-0.15, -0.1) is 0 Å². The molecule has 0 radical (unpaired) electrons. The summed E-state index contributed by atoms with van der Waals surface area (Å²) in [6, 6.07) is 14.1. The standard InChI is InChI=1S/C18H18N2O3S/c1-2-14-5-7-16(8-6-14)24(21,22)20-13-15-9-10-19-17(12-15)18-4-3-11-23-18/h3-12,20H,2,13H2,1H3. The number of sulfonamides is 1. The van der Waals surface area contributed by atoms with Gasteiger partial charge in [-0.2, -0.15) is 0 Å². The van der Waals surface area contributed by atoms with Crippen LogP contribution in [0.2, 0.25) is 0 Å². The van der Waals surface area contributed by atoms with Crippen molar-refractivity contribution in [3.05, 3.63) is 72.1 Å². The van der Waals surface area contributed by atoms with Crippen LogP contribution in [0.3, 0.4) is 0 Å². The number of hydrogen-bond acceptors (Lipinski definition) is 4. The van der Waals surface area contributed by atoms with Gasteiger partial charge in [0.05, 0.1) is 11.2 Å². The molecule has 0 bridgehead atoms. The van der Waals surface area contributed by atoms with Crippen LogP contribution in [0.4, 0.5) is 0 Å². The van der Waals surface area contributed by atoms with Crippen molar-refractivity contribution in [2.45, 2.75) is 24.8 Å². The van der Waals surface area contributed by atoms with Gasteiger partial charge >= 0.3 is 0 Å². The number of furan rings is 1. The van der Waals surface area contributed by atoms with E-state index in [1.54, 1.807) is 36.7 Å². The molecule has 2 heterocycles. The number of pyridine rings is 1. The van der Waals surface area contributed by atoms with Gasteiger partial charge in [0, 0.05) is 12.7 Å². The summed E-state index contributed by atoms with van der Waals surface area (Å²) >= 11 is 0. The van der Waals surface area contributed by atoms with Crippen molar-refractivity contribution < 1.29 is 12.8 Å². The lowest BCUT2D eigenvalue weighted by atomic mass is 10.2. The maximum Gasteiger partial charge on any atom is 0.240 e. The van der Waals surface area contributed by atoms with Crippen molar-refractivity contribution in [2.75, 3.05) is 0 Å². The summed E-state index contributed by atoms with van der Waals surface area (Å²) in [6.07, 6.45) is 4.09. The van der Waals surface area contributed by atoms with Crippen molar-refractivity contribution in [2.24, 2.45) is 0 Å². The van der Waals surface area contributed by atoms with Gasteiger partial charge in [0.25, 0.3) is 0 Å². The number of hydrogen-bond donors (Lipinski definition) is 1. The molecule has 0 unspecified atom stereocenters. The second-order valence-electron chi connectivity index (χ2n) is 5.35. The zero-order valence-electron chi connectivity index (χ0n) is 13.3. The zero-order valence-corrected chi connectivity index (χ0v) is 14.1. The number of aromatic nitrogens is 1. The predicted molar refractivity (Wildman–Crippen MR) is 91.8 cm³/mol. The summed E-state index contributed by atoms with van der Waals surface area (Å²) < 4.78 is 32.7. The molecule has 0 aliphatic carbocycles. The number of rotatable bonds is 6. The van der Waals surface area contributed by atoms with Crippen LogP contribution in [0.1, 0.15) is 18.1 Å². The molecule has 0 amide bonds. The second kappa shape index (κ2) is 6.98. The molecule has 24 heavy (non-hydrogen) atoms. The molecule has 0 saturated carbocycles. The summed E-state index contributed by atoms with van der Waals surface area (Å²) in [5.41, 5.74) is 2.58. The summed E-state index contributed by atoms with van der Waals surface area (Å²) in [5.74, 6) is 0.648. The third kappa shape index (κ3) is 3.72. The van der Waals surface area contributed by atoms with E-state index in [1.807, 2.05) is 31.2 Å². The van der Waals surface area contributed by atoms with Crippen LogP contribution in [0.5, 0.6) is 0 Å². The smallest absolute Gasteiger partial charge is 0.240 e. The van der Waals surface area contributed by atoms with Crippen LogP contribution >= 0.6 is 0 Å². The Morgan fingerprint density at radius 2 is 1.88 bits per heavy atom. The van der Waals surface area contributed by atoms with E-state index in [1.165, 1.54) is 0 Å². The minimum atomic E-state index is -3.54. The molecule has 3 rings (SSSR count). The maximum atomic E-state index is 12.4. The summed E-state index contributed by atoms with van der Waals surface area (Å²) in [4.78, 5) is 4.50. The molecule has 0 aliphatic rings. The molecule has 1 aromatic carbocycles. The average Bonchev–Trinajstić information content (AvgIpc) is 3.15. The molecule has 0 spiro atoms. The third-order valence-electron chi connectivity index (χ3n) is 3.71. The van der Waals surface area contributed by atoms with Gasteiger partial charge in [-0.1, -0.05) is 19.1 Å². The SMILES string of the molecule is CCc1ccc(S(=O)(=O)NCc2ccnc(-c3ccco3)c2)cc1. The minimum Gasteiger partial charge on any atom is -0.463 e. The van der Waals surface area contributed by atoms with Crippen LogP contribution in [-0.2, 0) is 23.0 Å². The highest BCUT2D eigenvalue weighted by molar-refractivity contribution is 7.89. The van der Waals surface area contributed by atoms with Crippen LogP contribution < -0.4 is 4.72 Å². The normalized spacial score (nSPS) is 11.5. The second-order valence-corrected chi connectivity index (χ2v) is 7.12. The Morgan fingerprint density at radius 3 is 2.54 bits per heavy atom. The molecule has 0 aliphatic heterocycles. The Morgan fingerprint density at radius 1 is 1.08 bits per heavy atom. The number of benzene rings is 1. The van der Waals surface area contributed by atoms with Crippen molar-refractivity contribution >= 4 is 10.0 Å². The van der Waals surface area contributed by atoms with Gasteiger partial charge in [0.15, 0.2) is 5.76 Å². The van der Waals surface area contributed by atoms with Gasteiger partial charge in [0.1, 0.15) is 5.69 Å². The lowest BCUT2D eigenvalue weighted by Crippen LogP contribution is -2.23. The van der Waals surface area contributed by atoms with E-state index in [4.69, 9.17) is 4.42 Å². The first kappa shape index (κ1) is 16.4. The van der Waals surface area contributed by atoms with E-state index < -0.39 is 10.0 Å². The maximum absolute atomic E-state index is 12.4. The predicted octanol–water partition coefficient (Wildman–Crippen LogP) is 3.38. The molecule has 124 valence electrons. The van der Waals surface area contributed by atoms with Gasteiger partial charge < -0.3 is 4.42 Å². The van der Waals surface area contributed by atoms with Gasteiger partial charge in [-0.25, -0.2) is 13.1 Å². The van der Waals surface area contributed by atoms with Crippen molar-refractivity contribution in [1.82, 2.24) is 9.71 Å². The Balaban J connectivity index is 1.73. The zero-order chi connectivity index (χ0) is 17.0. The Bertz CT molecular complexity index is 902. The van der Waals surface area contributed by atoms with Gasteiger partial charge in [-0.05, 0) is 53.9 Å². The summed E-state index contributed by atoms with van der Waals surface area (Å²) in [6.45, 7) is 2.22. The average molecular weight is 342 g/mol. The first-order valence-electron chi connectivity index (χ1n) is 7.66. The highest BCUT2D eigenvalue weighted by atomic mass is 32.2. The van der Waals surface area contributed by atoms with Gasteiger partial charge in [0.2, 0.25) is 10.0 Å². The first-order chi connectivity index (χ1) is 11.6. The Labute approximate surface area is 141 Å². The molecule has 1 N–H and O–H groups in total. The van der Waals surface area contributed by atoms with E-state index in [9.17, 15) is 8.42 Å². The van der Waals surface area contributed by atoms with E-state index in [0.717, 1.165) is 17.5 Å². The number of nitrogens with one attached hydrogen (secondary N) is 1. The Kier molecular flexibility index (Phi) is 4.78. The fourth-order valence-electron chi connectivity index (χ4n) is 2.31. The topological polar surface area (TPSA) is 72.2 Å². The molecule has 2 aromatic heterocycles. The molecular weight excluding hydrogens is 324 g/mol. The molecule has 6 heteroatoms. The van der Waals surface area contributed by atoms with Crippen LogP contribution in [0.25, 0.3) is 11.5 Å².